The zero-order valence-corrected chi connectivity index (χ0v) is 14.0. The minimum absolute atomic E-state index is 0.100. The molecule has 0 amide bonds. The molecule has 1 rings (SSSR count). The number of methoxy groups -OCH3 is 2. The van der Waals surface area contributed by atoms with E-state index < -0.39 is 0 Å². The molecule has 1 saturated carbocycles. The van der Waals surface area contributed by atoms with Gasteiger partial charge in [-0.2, -0.15) is 0 Å². The quantitative estimate of drug-likeness (QED) is 0.742. The zero-order valence-electron chi connectivity index (χ0n) is 14.0. The van der Waals surface area contributed by atoms with Crippen molar-refractivity contribution in [3.8, 4) is 0 Å². The molecule has 0 saturated heterocycles. The fourth-order valence-electron chi connectivity index (χ4n) is 3.93. The topological polar surface area (TPSA) is 47.7 Å². The normalized spacial score (nSPS) is 32.5. The second kappa shape index (κ2) is 8.32. The SMILES string of the molecule is COCCN(C(C)COC)C1(CN)CCC(C)CC1C. The summed E-state index contributed by atoms with van der Waals surface area (Å²) in [6, 6.07) is 0.370. The van der Waals surface area contributed by atoms with E-state index in [1.54, 1.807) is 14.2 Å². The van der Waals surface area contributed by atoms with E-state index in [9.17, 15) is 0 Å². The molecule has 4 nitrogen and oxygen atoms in total. The highest BCUT2D eigenvalue weighted by Crippen LogP contribution is 2.41. The monoisotopic (exact) mass is 286 g/mol. The Morgan fingerprint density at radius 3 is 2.50 bits per heavy atom. The minimum Gasteiger partial charge on any atom is -0.383 e. The van der Waals surface area contributed by atoms with Crippen molar-refractivity contribution in [1.29, 1.82) is 0 Å². The number of nitrogens with two attached hydrogens (primary N) is 1. The lowest BCUT2D eigenvalue weighted by atomic mass is 9.68. The van der Waals surface area contributed by atoms with E-state index in [-0.39, 0.29) is 5.54 Å². The van der Waals surface area contributed by atoms with Crippen LogP contribution in [0.4, 0.5) is 0 Å². The van der Waals surface area contributed by atoms with E-state index in [0.29, 0.717) is 12.0 Å². The van der Waals surface area contributed by atoms with Crippen LogP contribution in [0.25, 0.3) is 0 Å². The highest BCUT2D eigenvalue weighted by Gasteiger charge is 2.45. The second-order valence-corrected chi connectivity index (χ2v) is 6.58. The smallest absolute Gasteiger partial charge is 0.0615 e. The molecule has 4 heteroatoms. The molecule has 1 aliphatic carbocycles. The van der Waals surface area contributed by atoms with Crippen LogP contribution < -0.4 is 5.73 Å². The fraction of sp³-hybridized carbons (Fsp3) is 1.00. The van der Waals surface area contributed by atoms with Crippen LogP contribution >= 0.6 is 0 Å². The Bertz CT molecular complexity index is 275. The van der Waals surface area contributed by atoms with Gasteiger partial charge < -0.3 is 15.2 Å². The van der Waals surface area contributed by atoms with Crippen LogP contribution in [0.2, 0.25) is 0 Å². The molecule has 4 unspecified atom stereocenters. The van der Waals surface area contributed by atoms with Crippen molar-refractivity contribution < 1.29 is 9.47 Å². The molecule has 20 heavy (non-hydrogen) atoms. The van der Waals surface area contributed by atoms with E-state index >= 15 is 0 Å². The summed E-state index contributed by atoms with van der Waals surface area (Å²) in [6.45, 7) is 10.1. The molecule has 0 aromatic carbocycles. The standard InChI is InChI=1S/C16H34N2O2/c1-13-6-7-16(12-17,14(2)10-13)18(8-9-19-4)15(3)11-20-5/h13-15H,6-12,17H2,1-5H3. The molecule has 0 aliphatic heterocycles. The Kier molecular flexibility index (Phi) is 7.45. The van der Waals surface area contributed by atoms with Gasteiger partial charge in [-0.15, -0.1) is 0 Å². The van der Waals surface area contributed by atoms with E-state index in [2.05, 4.69) is 25.7 Å². The average Bonchev–Trinajstić information content (AvgIpc) is 2.42. The lowest BCUT2D eigenvalue weighted by Crippen LogP contribution is -2.63. The number of rotatable bonds is 8. The van der Waals surface area contributed by atoms with Gasteiger partial charge in [0, 0.05) is 38.9 Å². The molecular formula is C16H34N2O2. The molecule has 120 valence electrons. The third-order valence-electron chi connectivity index (χ3n) is 5.15. The molecule has 0 aromatic heterocycles. The van der Waals surface area contributed by atoms with Crippen molar-refractivity contribution >= 4 is 0 Å². The van der Waals surface area contributed by atoms with Gasteiger partial charge in [0.05, 0.1) is 13.2 Å². The summed E-state index contributed by atoms with van der Waals surface area (Å²) in [6.07, 6.45) is 3.72. The first-order chi connectivity index (χ1) is 9.51. The maximum Gasteiger partial charge on any atom is 0.0615 e. The second-order valence-electron chi connectivity index (χ2n) is 6.58. The summed E-state index contributed by atoms with van der Waals surface area (Å²) >= 11 is 0. The first kappa shape index (κ1) is 17.9. The van der Waals surface area contributed by atoms with E-state index in [1.807, 2.05) is 0 Å². The highest BCUT2D eigenvalue weighted by molar-refractivity contribution is 5.01. The van der Waals surface area contributed by atoms with Crippen LogP contribution in [0.1, 0.15) is 40.0 Å². The van der Waals surface area contributed by atoms with Crippen LogP contribution in [0, 0.1) is 11.8 Å². The Balaban J connectivity index is 2.93. The molecule has 2 N–H and O–H groups in total. The van der Waals surface area contributed by atoms with Gasteiger partial charge in [-0.3, -0.25) is 4.90 Å². The van der Waals surface area contributed by atoms with E-state index in [0.717, 1.165) is 32.2 Å². The summed E-state index contributed by atoms with van der Waals surface area (Å²) in [4.78, 5) is 2.55. The Labute approximate surface area is 125 Å². The van der Waals surface area contributed by atoms with Crippen LogP contribution in [0.3, 0.4) is 0 Å². The van der Waals surface area contributed by atoms with Gasteiger partial charge in [-0.1, -0.05) is 13.8 Å². The molecule has 1 fully saturated rings. The average molecular weight is 286 g/mol. The fourth-order valence-corrected chi connectivity index (χ4v) is 3.93. The van der Waals surface area contributed by atoms with Gasteiger partial charge >= 0.3 is 0 Å². The van der Waals surface area contributed by atoms with Crippen molar-refractivity contribution in [1.82, 2.24) is 4.90 Å². The summed E-state index contributed by atoms with van der Waals surface area (Å²) in [5.74, 6) is 1.43. The molecular weight excluding hydrogens is 252 g/mol. The van der Waals surface area contributed by atoms with Crippen molar-refractivity contribution in [2.75, 3.05) is 40.5 Å². The van der Waals surface area contributed by atoms with Crippen molar-refractivity contribution in [2.24, 2.45) is 17.6 Å². The Hall–Kier alpha value is -0.160. The van der Waals surface area contributed by atoms with E-state index in [1.165, 1.54) is 19.3 Å². The first-order valence-corrected chi connectivity index (χ1v) is 7.96. The lowest BCUT2D eigenvalue weighted by Gasteiger charge is -2.53. The molecule has 1 aliphatic rings. The summed E-state index contributed by atoms with van der Waals surface area (Å²) < 4.78 is 10.7. The molecule has 0 radical (unpaired) electrons. The number of hydrogen-bond acceptors (Lipinski definition) is 4. The lowest BCUT2D eigenvalue weighted by molar-refractivity contribution is -0.0529. The maximum atomic E-state index is 6.26. The van der Waals surface area contributed by atoms with Crippen molar-refractivity contribution in [3.63, 3.8) is 0 Å². The number of hydrogen-bond donors (Lipinski definition) is 1. The minimum atomic E-state index is 0.100. The molecule has 0 bridgehead atoms. The molecule has 0 spiro atoms. The van der Waals surface area contributed by atoms with Gasteiger partial charge in [0.1, 0.15) is 0 Å². The van der Waals surface area contributed by atoms with Gasteiger partial charge in [-0.25, -0.2) is 0 Å². The van der Waals surface area contributed by atoms with Crippen molar-refractivity contribution in [3.05, 3.63) is 0 Å². The van der Waals surface area contributed by atoms with Crippen LogP contribution in [-0.2, 0) is 9.47 Å². The summed E-state index contributed by atoms with van der Waals surface area (Å²) in [5, 5.41) is 0. The molecule has 0 heterocycles. The maximum absolute atomic E-state index is 6.26. The highest BCUT2D eigenvalue weighted by atomic mass is 16.5. The molecule has 4 atom stereocenters. The summed E-state index contributed by atoms with van der Waals surface area (Å²) in [7, 11) is 3.53. The van der Waals surface area contributed by atoms with E-state index in [4.69, 9.17) is 15.2 Å². The van der Waals surface area contributed by atoms with Gasteiger partial charge in [0.2, 0.25) is 0 Å². The van der Waals surface area contributed by atoms with Crippen LogP contribution in [0.15, 0.2) is 0 Å². The predicted molar refractivity (Wildman–Crippen MR) is 83.9 cm³/mol. The van der Waals surface area contributed by atoms with Gasteiger partial charge in [0.15, 0.2) is 0 Å². The number of nitrogens with zero attached hydrogens (tertiary/aromatic N) is 1. The van der Waals surface area contributed by atoms with Crippen molar-refractivity contribution in [2.45, 2.75) is 51.6 Å². The van der Waals surface area contributed by atoms with Crippen LogP contribution in [-0.4, -0.2) is 57.0 Å². The van der Waals surface area contributed by atoms with Gasteiger partial charge in [-0.05, 0) is 38.0 Å². The van der Waals surface area contributed by atoms with Crippen LogP contribution in [0.5, 0.6) is 0 Å². The predicted octanol–water partition coefficient (Wildman–Crippen LogP) is 2.12. The summed E-state index contributed by atoms with van der Waals surface area (Å²) in [5.41, 5.74) is 6.36. The third kappa shape index (κ3) is 3.94. The number of ether oxygens (including phenoxy) is 2. The third-order valence-corrected chi connectivity index (χ3v) is 5.15. The zero-order chi connectivity index (χ0) is 15.2. The first-order valence-electron chi connectivity index (χ1n) is 7.96. The Morgan fingerprint density at radius 1 is 1.30 bits per heavy atom. The van der Waals surface area contributed by atoms with Gasteiger partial charge in [0.25, 0.3) is 0 Å². The largest absolute Gasteiger partial charge is 0.383 e. The molecule has 0 aromatic rings. The Morgan fingerprint density at radius 2 is 2.00 bits per heavy atom.